The van der Waals surface area contributed by atoms with Crippen molar-refractivity contribution in [2.75, 3.05) is 108 Å². The predicted octanol–water partition coefficient (Wildman–Crippen LogP) is 20.6. The number of nitrogens with zero attached hydrogens (tertiary/aromatic N) is 25. The molecular formula is C109H124F8N30Si. The van der Waals surface area contributed by atoms with E-state index < -0.39 is 54.6 Å². The van der Waals surface area contributed by atoms with Gasteiger partial charge in [0.05, 0.1) is 46.9 Å². The number of nitrogens with one attached hydrogen (secondary N) is 5. The van der Waals surface area contributed by atoms with Crippen molar-refractivity contribution < 1.29 is 35.1 Å². The van der Waals surface area contributed by atoms with Gasteiger partial charge in [0.25, 0.3) is 0 Å². The molecule has 0 radical (unpaired) electrons. The van der Waals surface area contributed by atoms with Crippen LogP contribution in [0.2, 0.25) is 25.7 Å². The molecule has 770 valence electrons. The standard InChI is InChI=1S/C29H34F2N8.C28H32F2N8.C28H35F2N7Si.C24H23F2N7/c1-17(19-5-6-19)39-18(2)33-28-22(30)13-21(14-25(28)39)27-23(31)15-32-29(36-27)35-26-8-7-20-16-38(12-11-37(3)4)10-9-24(20)34-26;1-17-32-26-20(29)13-19(14-23(26)38(17)28(2)8-9-28)25-21(30)15-31-27(35-25)34-24-6-5-18-16-37(12-11-36(3)4)10-7-22(18)33-24;1-17(2)37-18(3)32-27-21(29)13-20(14-24(27)37)26-22(30)15-31-28(35-26)34-25-8-7-19-16-36(10-9-23(19)33-25)11-12-38(4,5)6;1-13-29-22-16(25)9-15(10-19(22)33(13)24(2)6-7-24)21-17(26)12-28-23(32-21)31-20-4-3-14-11-27-8-5-18(14)30-20/h7-8,13-15,17,19H,5-6,9-12,16H2,1-4H3,(H,32,34,35,36);5-6,13-15H,7-12,16H2,1-4H3,(H,31,33,34,35);7-8,13-15,17H,9-12,16H2,1-6H3,(H,31,33,34,35);3-4,9-10,12,27H,5-8,11H2,1-2H3,(H,28,30,31,32). The Bertz CT molecular complexity index is 7750. The van der Waals surface area contributed by atoms with Crippen LogP contribution in [0.5, 0.6) is 0 Å². The minimum atomic E-state index is -1.08. The summed E-state index contributed by atoms with van der Waals surface area (Å²) in [5.41, 5.74) is 14.1. The quantitative estimate of drug-likeness (QED) is 0.0248. The summed E-state index contributed by atoms with van der Waals surface area (Å²) >= 11 is 0. The molecule has 0 saturated heterocycles. The maximum atomic E-state index is 15.2. The number of fused-ring (bicyclic) bond motifs is 8. The van der Waals surface area contributed by atoms with E-state index in [2.05, 4.69) is 216 Å². The largest absolute Gasteiger partial charge is 0.326 e. The van der Waals surface area contributed by atoms with Crippen LogP contribution in [0.4, 0.5) is 82.2 Å². The molecule has 148 heavy (non-hydrogen) atoms. The molecule has 5 N–H and O–H groups in total. The second-order valence-electron chi connectivity index (χ2n) is 42.7. The summed E-state index contributed by atoms with van der Waals surface area (Å²) in [6.07, 6.45) is 14.2. The molecule has 0 spiro atoms. The molecule has 23 rings (SSSR count). The highest BCUT2D eigenvalue weighted by atomic mass is 28.3. The number of hydrogen-bond acceptors (Lipinski definition) is 26. The van der Waals surface area contributed by atoms with E-state index in [0.29, 0.717) is 95.9 Å². The van der Waals surface area contributed by atoms with Crippen LogP contribution in [0.3, 0.4) is 0 Å². The summed E-state index contributed by atoms with van der Waals surface area (Å²) in [5.74, 6) is 2.25. The van der Waals surface area contributed by atoms with Crippen LogP contribution in [0, 0.1) is 80.2 Å². The molecule has 16 aromatic rings. The van der Waals surface area contributed by atoms with Gasteiger partial charge in [-0.1, -0.05) is 43.9 Å². The summed E-state index contributed by atoms with van der Waals surface area (Å²) in [6, 6.07) is 29.6. The average Bonchev–Trinajstić information content (AvgIpc) is 1.58. The number of hydrogen-bond donors (Lipinski definition) is 5. The summed E-state index contributed by atoms with van der Waals surface area (Å²) in [4.78, 5) is 82.5. The molecule has 12 aromatic heterocycles. The van der Waals surface area contributed by atoms with Gasteiger partial charge >= 0.3 is 0 Å². The zero-order valence-electron chi connectivity index (χ0n) is 86.5. The van der Waals surface area contributed by atoms with E-state index in [1.165, 1.54) is 47.0 Å². The maximum Gasteiger partial charge on any atom is 0.229 e. The Kier molecular flexibility index (Phi) is 28.4. The van der Waals surface area contributed by atoms with Crippen LogP contribution in [0.25, 0.3) is 89.2 Å². The van der Waals surface area contributed by atoms with E-state index in [1.807, 2.05) is 76.4 Å². The highest BCUT2D eigenvalue weighted by Gasteiger charge is 2.44. The van der Waals surface area contributed by atoms with Gasteiger partial charge in [-0.15, -0.1) is 0 Å². The van der Waals surface area contributed by atoms with Crippen molar-refractivity contribution in [1.29, 1.82) is 0 Å². The first-order valence-corrected chi connectivity index (χ1v) is 54.6. The zero-order valence-corrected chi connectivity index (χ0v) is 87.5. The van der Waals surface area contributed by atoms with Gasteiger partial charge < -0.3 is 54.7 Å². The molecule has 3 saturated carbocycles. The Morgan fingerprint density at radius 2 is 0.703 bits per heavy atom. The van der Waals surface area contributed by atoms with Gasteiger partial charge in [0.1, 0.15) is 91.4 Å². The van der Waals surface area contributed by atoms with E-state index in [9.17, 15) is 22.0 Å². The van der Waals surface area contributed by atoms with Crippen molar-refractivity contribution in [1.82, 2.24) is 128 Å². The molecular weight excluding hydrogens is 1910 g/mol. The number of likely N-dealkylation sites (N-methyl/N-ethyl adjacent to an activating group) is 2. The molecule has 7 aliphatic rings. The number of aromatic nitrogens is 20. The Morgan fingerprint density at radius 1 is 0.385 bits per heavy atom. The third-order valence-electron chi connectivity index (χ3n) is 29.1. The minimum Gasteiger partial charge on any atom is -0.326 e. The monoisotopic (exact) mass is 2030 g/mol. The lowest BCUT2D eigenvalue weighted by Gasteiger charge is -2.30. The van der Waals surface area contributed by atoms with Crippen LogP contribution in [0.15, 0.2) is 122 Å². The van der Waals surface area contributed by atoms with Crippen molar-refractivity contribution in [3.63, 3.8) is 0 Å². The number of aryl methyl sites for hydroxylation is 4. The van der Waals surface area contributed by atoms with Crippen molar-refractivity contribution in [3.8, 4) is 45.0 Å². The van der Waals surface area contributed by atoms with E-state index in [1.54, 1.807) is 24.3 Å². The number of pyridine rings is 4. The molecule has 0 amide bonds. The molecule has 4 aromatic carbocycles. The third kappa shape index (κ3) is 22.1. The van der Waals surface area contributed by atoms with E-state index in [-0.39, 0.29) is 75.2 Å². The Balaban J connectivity index is 0.000000120. The lowest BCUT2D eigenvalue weighted by molar-refractivity contribution is 0.224. The highest BCUT2D eigenvalue weighted by molar-refractivity contribution is 6.76. The van der Waals surface area contributed by atoms with Gasteiger partial charge in [-0.2, -0.15) is 0 Å². The van der Waals surface area contributed by atoms with Crippen molar-refractivity contribution in [3.05, 3.63) is 237 Å². The molecule has 16 heterocycles. The molecule has 1 atom stereocenters. The zero-order chi connectivity index (χ0) is 104. The van der Waals surface area contributed by atoms with Gasteiger partial charge in [0.2, 0.25) is 23.8 Å². The second-order valence-corrected chi connectivity index (χ2v) is 48.3. The lowest BCUT2D eigenvalue weighted by atomic mass is 10.1. The Hall–Kier alpha value is -13.7. The normalized spacial score (nSPS) is 16.0. The summed E-state index contributed by atoms with van der Waals surface area (Å²) < 4.78 is 128. The summed E-state index contributed by atoms with van der Waals surface area (Å²) in [7, 11) is 7.26. The molecule has 1 unspecified atom stereocenters. The van der Waals surface area contributed by atoms with Gasteiger partial charge in [0.15, 0.2) is 46.5 Å². The first-order chi connectivity index (χ1) is 70.8. The van der Waals surface area contributed by atoms with Crippen molar-refractivity contribution >= 4 is 99.3 Å². The van der Waals surface area contributed by atoms with Crippen LogP contribution in [-0.2, 0) is 62.9 Å². The number of halogens is 8. The first-order valence-electron chi connectivity index (χ1n) is 50.9. The number of imidazole rings is 4. The average molecular weight is 2030 g/mol. The number of benzene rings is 4. The molecule has 39 heteroatoms. The van der Waals surface area contributed by atoms with Crippen LogP contribution in [-0.4, -0.2) is 218 Å². The minimum absolute atomic E-state index is 0.0217. The van der Waals surface area contributed by atoms with Gasteiger partial charge in [-0.05, 0) is 243 Å². The fourth-order valence-electron chi connectivity index (χ4n) is 20.5. The molecule has 3 fully saturated rings. The fourth-order valence-corrected chi connectivity index (χ4v) is 21.5. The van der Waals surface area contributed by atoms with E-state index in [0.717, 1.165) is 220 Å². The third-order valence-corrected chi connectivity index (χ3v) is 30.8. The molecule has 30 nitrogen and oxygen atoms in total. The van der Waals surface area contributed by atoms with Crippen LogP contribution in [0.1, 0.15) is 154 Å². The van der Waals surface area contributed by atoms with Crippen molar-refractivity contribution in [2.24, 2.45) is 5.92 Å². The second kappa shape index (κ2) is 41.4. The molecule has 3 aliphatic carbocycles. The first kappa shape index (κ1) is 102. The van der Waals surface area contributed by atoms with Gasteiger partial charge in [0, 0.05) is 180 Å². The topological polar surface area (TPSA) is 302 Å². The highest BCUT2D eigenvalue weighted by Crippen LogP contribution is 2.49. The Morgan fingerprint density at radius 3 is 1.04 bits per heavy atom. The number of rotatable bonds is 26. The summed E-state index contributed by atoms with van der Waals surface area (Å²) in [5, 5.41) is 15.7. The van der Waals surface area contributed by atoms with E-state index >= 15 is 13.2 Å². The summed E-state index contributed by atoms with van der Waals surface area (Å²) in [6.45, 7) is 37.5. The van der Waals surface area contributed by atoms with Crippen LogP contribution >= 0.6 is 0 Å². The smallest absolute Gasteiger partial charge is 0.229 e. The van der Waals surface area contributed by atoms with E-state index in [4.69, 9.17) is 15.0 Å². The Labute approximate surface area is 855 Å². The maximum absolute atomic E-state index is 15.2. The molecule has 0 bridgehead atoms. The fraction of sp³-hybridized carbons (Fsp3) is 0.413. The van der Waals surface area contributed by atoms with Gasteiger partial charge in [-0.25, -0.2) is 115 Å². The van der Waals surface area contributed by atoms with Crippen LogP contribution < -0.4 is 26.6 Å². The number of anilines is 8. The predicted molar refractivity (Wildman–Crippen MR) is 563 cm³/mol. The van der Waals surface area contributed by atoms with Gasteiger partial charge in [-0.3, -0.25) is 14.7 Å². The molecule has 4 aliphatic heterocycles. The lowest BCUT2D eigenvalue weighted by Crippen LogP contribution is -2.36. The van der Waals surface area contributed by atoms with Crippen molar-refractivity contribution in [2.45, 2.75) is 202 Å². The SMILES string of the molecule is Cc1nc2c(F)cc(-c3nc(Nc4ccc5c(n4)CCN(CCN(C)C)C5)ncc3F)cc2n1C(C)C1CC1.Cc1nc2c(F)cc(-c3nc(Nc4ccc5c(n4)CCN(CCN(C)C)C5)ncc3F)cc2n1C1(C)CC1.Cc1nc2c(F)cc(-c3nc(Nc4ccc5c(n4)CCN(CC[Si](C)(C)C)C5)ncc3F)cc2n1C(C)C.Cc1nc2c(F)cc(-c3nc(Nc4ccc5c(n4)CCNC5)ncc3F)cc2n1C1(C)CC1.